The van der Waals surface area contributed by atoms with Crippen LogP contribution in [-0.2, 0) is 0 Å². The second-order valence-corrected chi connectivity index (χ2v) is 4.12. The molecule has 1 aliphatic carbocycles. The molecule has 10 heavy (non-hydrogen) atoms. The molecule has 0 saturated carbocycles. The van der Waals surface area contributed by atoms with Gasteiger partial charge in [-0.05, 0) is 11.8 Å². The minimum Gasteiger partial charge on any atom is -0.392 e. The Balaban J connectivity index is 2.64. The predicted molar refractivity (Wildman–Crippen MR) is 42.7 cm³/mol. The molecule has 0 fully saturated rings. The first-order valence-electron chi connectivity index (χ1n) is 3.86. The number of rotatable bonds is 0. The highest BCUT2D eigenvalue weighted by Gasteiger charge is 2.30. The first-order valence-corrected chi connectivity index (χ1v) is 3.86. The van der Waals surface area contributed by atoms with E-state index in [2.05, 4.69) is 32.9 Å². The van der Waals surface area contributed by atoms with Crippen LogP contribution in [-0.4, -0.2) is 11.2 Å². The molecule has 0 aromatic carbocycles. The summed E-state index contributed by atoms with van der Waals surface area (Å²) >= 11 is 0. The zero-order chi connectivity index (χ0) is 7.78. The van der Waals surface area contributed by atoms with Crippen molar-refractivity contribution in [3.63, 3.8) is 0 Å². The molecule has 0 radical (unpaired) electrons. The summed E-state index contributed by atoms with van der Waals surface area (Å²) in [6.45, 7) is 6.49. The molecule has 2 atom stereocenters. The van der Waals surface area contributed by atoms with E-state index in [0.29, 0.717) is 5.92 Å². The number of aliphatic hydroxyl groups excluding tert-OH is 1. The fourth-order valence-corrected chi connectivity index (χ4v) is 1.51. The van der Waals surface area contributed by atoms with E-state index in [1.807, 2.05) is 0 Å². The lowest BCUT2D eigenvalue weighted by molar-refractivity contribution is 0.0847. The van der Waals surface area contributed by atoms with Crippen molar-refractivity contribution in [2.45, 2.75) is 33.3 Å². The second-order valence-electron chi connectivity index (χ2n) is 4.12. The summed E-state index contributed by atoms with van der Waals surface area (Å²) < 4.78 is 0. The van der Waals surface area contributed by atoms with Crippen molar-refractivity contribution in [1.29, 1.82) is 0 Å². The molecule has 0 unspecified atom stereocenters. The molecule has 58 valence electrons. The monoisotopic (exact) mass is 140 g/mol. The quantitative estimate of drug-likeness (QED) is 0.510. The standard InChI is InChI=1S/C9H16O/c1-9(2,3)7-5-4-6-8(7)10/h4-5,7-8,10H,6H2,1-3H3/t7-,8-/m1/s1. The van der Waals surface area contributed by atoms with Gasteiger partial charge in [-0.3, -0.25) is 0 Å². The van der Waals surface area contributed by atoms with Crippen molar-refractivity contribution in [2.24, 2.45) is 11.3 Å². The Hall–Kier alpha value is -0.300. The van der Waals surface area contributed by atoms with Crippen LogP contribution in [0.25, 0.3) is 0 Å². The molecule has 1 rings (SSSR count). The number of aliphatic hydroxyl groups is 1. The van der Waals surface area contributed by atoms with Gasteiger partial charge < -0.3 is 5.11 Å². The van der Waals surface area contributed by atoms with Crippen molar-refractivity contribution in [1.82, 2.24) is 0 Å². The summed E-state index contributed by atoms with van der Waals surface area (Å²) in [4.78, 5) is 0. The summed E-state index contributed by atoms with van der Waals surface area (Å²) in [5.41, 5.74) is 0.215. The van der Waals surface area contributed by atoms with Gasteiger partial charge in [-0.2, -0.15) is 0 Å². The lowest BCUT2D eigenvalue weighted by Gasteiger charge is -2.28. The number of hydrogen-bond acceptors (Lipinski definition) is 1. The topological polar surface area (TPSA) is 20.2 Å². The molecule has 0 aromatic rings. The Labute approximate surface area is 62.8 Å². The molecule has 1 nitrogen and oxygen atoms in total. The van der Waals surface area contributed by atoms with E-state index >= 15 is 0 Å². The summed E-state index contributed by atoms with van der Waals surface area (Å²) in [6, 6.07) is 0. The molecule has 0 saturated heterocycles. The summed E-state index contributed by atoms with van der Waals surface area (Å²) in [5, 5.41) is 9.46. The van der Waals surface area contributed by atoms with E-state index in [4.69, 9.17) is 0 Å². The van der Waals surface area contributed by atoms with Gasteiger partial charge >= 0.3 is 0 Å². The molecule has 0 aromatic heterocycles. The first-order chi connectivity index (χ1) is 4.52. The fraction of sp³-hybridized carbons (Fsp3) is 0.778. The highest BCUT2D eigenvalue weighted by molar-refractivity contribution is 5.05. The van der Waals surface area contributed by atoms with Crippen LogP contribution in [0.15, 0.2) is 12.2 Å². The molecule has 1 heteroatoms. The average molecular weight is 140 g/mol. The van der Waals surface area contributed by atoms with Crippen molar-refractivity contribution >= 4 is 0 Å². The predicted octanol–water partition coefficient (Wildman–Crippen LogP) is 1.97. The van der Waals surface area contributed by atoms with Gasteiger partial charge in [-0.15, -0.1) is 0 Å². The largest absolute Gasteiger partial charge is 0.392 e. The number of hydrogen-bond donors (Lipinski definition) is 1. The fourth-order valence-electron chi connectivity index (χ4n) is 1.51. The molecule has 0 heterocycles. The van der Waals surface area contributed by atoms with Gasteiger partial charge in [0.05, 0.1) is 6.10 Å². The maximum absolute atomic E-state index is 9.46. The van der Waals surface area contributed by atoms with E-state index in [0.717, 1.165) is 6.42 Å². The van der Waals surface area contributed by atoms with E-state index in [-0.39, 0.29) is 11.5 Å². The van der Waals surface area contributed by atoms with E-state index < -0.39 is 0 Å². The summed E-state index contributed by atoms with van der Waals surface area (Å²) in [6.07, 6.45) is 4.90. The first kappa shape index (κ1) is 7.80. The zero-order valence-corrected chi connectivity index (χ0v) is 6.96. The van der Waals surface area contributed by atoms with Crippen LogP contribution in [0.5, 0.6) is 0 Å². The van der Waals surface area contributed by atoms with Gasteiger partial charge in [0.15, 0.2) is 0 Å². The van der Waals surface area contributed by atoms with Crippen LogP contribution >= 0.6 is 0 Å². The van der Waals surface area contributed by atoms with Gasteiger partial charge in [0.2, 0.25) is 0 Å². The van der Waals surface area contributed by atoms with Crippen LogP contribution in [0.4, 0.5) is 0 Å². The second kappa shape index (κ2) is 2.39. The highest BCUT2D eigenvalue weighted by atomic mass is 16.3. The Morgan fingerprint density at radius 3 is 2.20 bits per heavy atom. The summed E-state index contributed by atoms with van der Waals surface area (Å²) in [5.74, 6) is 0.354. The maximum Gasteiger partial charge on any atom is 0.0642 e. The van der Waals surface area contributed by atoms with Gasteiger partial charge in [-0.25, -0.2) is 0 Å². The smallest absolute Gasteiger partial charge is 0.0642 e. The van der Waals surface area contributed by atoms with Crippen molar-refractivity contribution in [3.05, 3.63) is 12.2 Å². The molecular formula is C9H16O. The Morgan fingerprint density at radius 1 is 1.40 bits per heavy atom. The minimum atomic E-state index is -0.139. The van der Waals surface area contributed by atoms with E-state index in [9.17, 15) is 5.11 Å². The zero-order valence-electron chi connectivity index (χ0n) is 6.96. The van der Waals surface area contributed by atoms with Gasteiger partial charge in [0, 0.05) is 5.92 Å². The molecule has 1 aliphatic rings. The van der Waals surface area contributed by atoms with Gasteiger partial charge in [-0.1, -0.05) is 32.9 Å². The third kappa shape index (κ3) is 1.40. The Bertz CT molecular complexity index is 141. The SMILES string of the molecule is CC(C)(C)[C@@H]1C=CC[C@H]1O. The molecule has 1 N–H and O–H groups in total. The minimum absolute atomic E-state index is 0.139. The lowest BCUT2D eigenvalue weighted by atomic mass is 9.79. The van der Waals surface area contributed by atoms with Crippen LogP contribution in [0.1, 0.15) is 27.2 Å². The molecule has 0 amide bonds. The van der Waals surface area contributed by atoms with Crippen molar-refractivity contribution < 1.29 is 5.11 Å². The average Bonchev–Trinajstić information content (AvgIpc) is 2.11. The van der Waals surface area contributed by atoms with Crippen molar-refractivity contribution in [2.75, 3.05) is 0 Å². The lowest BCUT2D eigenvalue weighted by Crippen LogP contribution is -2.27. The van der Waals surface area contributed by atoms with Crippen LogP contribution < -0.4 is 0 Å². The highest BCUT2D eigenvalue weighted by Crippen LogP contribution is 2.34. The maximum atomic E-state index is 9.46. The normalized spacial score (nSPS) is 33.2. The van der Waals surface area contributed by atoms with Gasteiger partial charge in [0.1, 0.15) is 0 Å². The Morgan fingerprint density at radius 2 is 2.00 bits per heavy atom. The van der Waals surface area contributed by atoms with Crippen LogP contribution in [0.2, 0.25) is 0 Å². The third-order valence-electron chi connectivity index (χ3n) is 2.14. The van der Waals surface area contributed by atoms with Gasteiger partial charge in [0.25, 0.3) is 0 Å². The summed E-state index contributed by atoms with van der Waals surface area (Å²) in [7, 11) is 0. The van der Waals surface area contributed by atoms with Crippen LogP contribution in [0, 0.1) is 11.3 Å². The van der Waals surface area contributed by atoms with Crippen LogP contribution in [0.3, 0.4) is 0 Å². The molecule has 0 bridgehead atoms. The molecule has 0 spiro atoms. The Kier molecular flexibility index (Phi) is 1.86. The molecule has 0 aliphatic heterocycles. The molecular weight excluding hydrogens is 124 g/mol. The van der Waals surface area contributed by atoms with E-state index in [1.165, 1.54) is 0 Å². The van der Waals surface area contributed by atoms with Crippen molar-refractivity contribution in [3.8, 4) is 0 Å². The van der Waals surface area contributed by atoms with E-state index in [1.54, 1.807) is 0 Å². The third-order valence-corrected chi connectivity index (χ3v) is 2.14.